The minimum Gasteiger partial charge on any atom is -0.465 e. The maximum absolute atomic E-state index is 11.8. The molecule has 5 nitrogen and oxygen atoms in total. The van der Waals surface area contributed by atoms with Crippen LogP contribution in [-0.2, 0) is 0 Å². The first-order valence-electron chi connectivity index (χ1n) is 7.59. The Morgan fingerprint density at radius 2 is 2.14 bits per heavy atom. The molecule has 2 heterocycles. The molecule has 22 heavy (non-hydrogen) atoms. The molecule has 1 saturated heterocycles. The average molecular weight is 326 g/mol. The van der Waals surface area contributed by atoms with Crippen molar-refractivity contribution in [1.82, 2.24) is 9.88 Å². The third-order valence-electron chi connectivity index (χ3n) is 4.26. The van der Waals surface area contributed by atoms with Gasteiger partial charge in [-0.1, -0.05) is 18.5 Å². The molecule has 0 spiro atoms. The van der Waals surface area contributed by atoms with Crippen molar-refractivity contribution >= 4 is 23.4 Å². The maximum atomic E-state index is 11.8. The Kier molecular flexibility index (Phi) is 4.85. The van der Waals surface area contributed by atoms with Gasteiger partial charge in [0.2, 0.25) is 0 Å². The highest BCUT2D eigenvalue weighted by molar-refractivity contribution is 6.29. The summed E-state index contributed by atoms with van der Waals surface area (Å²) in [6, 6.07) is 3.66. The van der Waals surface area contributed by atoms with E-state index >= 15 is 0 Å². The van der Waals surface area contributed by atoms with Crippen molar-refractivity contribution < 1.29 is 9.90 Å². The van der Waals surface area contributed by atoms with Crippen LogP contribution in [0.2, 0.25) is 5.15 Å². The summed E-state index contributed by atoms with van der Waals surface area (Å²) in [5, 5.41) is 10.1. The van der Waals surface area contributed by atoms with Crippen molar-refractivity contribution in [2.75, 3.05) is 18.0 Å². The molecule has 1 amide bonds. The van der Waals surface area contributed by atoms with Gasteiger partial charge in [-0.2, -0.15) is 0 Å². The molecule has 1 aliphatic heterocycles. The van der Waals surface area contributed by atoms with Gasteiger partial charge in [-0.25, -0.2) is 9.78 Å². The molecule has 1 N–H and O–H groups in total. The molecular weight excluding hydrogens is 302 g/mol. The smallest absolute Gasteiger partial charge is 0.408 e. The molecule has 0 aliphatic carbocycles. The minimum absolute atomic E-state index is 0.0399. The number of halogens is 1. The number of rotatable bonds is 2. The van der Waals surface area contributed by atoms with E-state index in [2.05, 4.69) is 16.8 Å². The van der Waals surface area contributed by atoms with Crippen LogP contribution in [-0.4, -0.2) is 45.8 Å². The van der Waals surface area contributed by atoms with Crippen molar-refractivity contribution in [3.8, 4) is 0 Å². The predicted octanol–water partition coefficient (Wildman–Crippen LogP) is 3.73. The summed E-state index contributed by atoms with van der Waals surface area (Å²) < 4.78 is 0. The third kappa shape index (κ3) is 3.64. The fourth-order valence-electron chi connectivity index (χ4n) is 3.10. The van der Waals surface area contributed by atoms with E-state index in [0.29, 0.717) is 17.6 Å². The highest BCUT2D eigenvalue weighted by Crippen LogP contribution is 2.30. The summed E-state index contributed by atoms with van der Waals surface area (Å²) in [4.78, 5) is 19.7. The van der Waals surface area contributed by atoms with E-state index in [1.54, 1.807) is 17.2 Å². The van der Waals surface area contributed by atoms with Crippen molar-refractivity contribution in [3.63, 3.8) is 0 Å². The van der Waals surface area contributed by atoms with Crippen LogP contribution >= 0.6 is 11.6 Å². The molecule has 2 atom stereocenters. The van der Waals surface area contributed by atoms with Gasteiger partial charge in [0.1, 0.15) is 5.15 Å². The average Bonchev–Trinajstić information content (AvgIpc) is 2.40. The second-order valence-corrected chi connectivity index (χ2v) is 7.33. The first kappa shape index (κ1) is 16.9. The fraction of sp³-hybridized carbons (Fsp3) is 0.625. The minimum atomic E-state index is -0.861. The van der Waals surface area contributed by atoms with E-state index in [9.17, 15) is 9.90 Å². The number of nitrogens with zero attached hydrogens (tertiary/aromatic N) is 3. The van der Waals surface area contributed by atoms with Crippen LogP contribution in [0.25, 0.3) is 0 Å². The number of piperidine rings is 1. The zero-order chi connectivity index (χ0) is 16.5. The highest BCUT2D eigenvalue weighted by Gasteiger charge is 2.39. The van der Waals surface area contributed by atoms with Gasteiger partial charge in [0, 0.05) is 18.6 Å². The normalized spacial score (nSPS) is 22.5. The van der Waals surface area contributed by atoms with Crippen molar-refractivity contribution in [2.45, 2.75) is 45.7 Å². The van der Waals surface area contributed by atoms with E-state index < -0.39 is 11.6 Å². The summed E-state index contributed by atoms with van der Waals surface area (Å²) >= 11 is 5.84. The van der Waals surface area contributed by atoms with E-state index in [-0.39, 0.29) is 6.04 Å². The third-order valence-corrected chi connectivity index (χ3v) is 4.48. The lowest BCUT2D eigenvalue weighted by Gasteiger charge is -2.47. The number of hydrogen-bond donors (Lipinski definition) is 1. The summed E-state index contributed by atoms with van der Waals surface area (Å²) in [7, 11) is 0. The van der Waals surface area contributed by atoms with Gasteiger partial charge in [0.05, 0.1) is 17.9 Å². The Bertz CT molecular complexity index is 527. The zero-order valence-corrected chi connectivity index (χ0v) is 14.3. The summed E-state index contributed by atoms with van der Waals surface area (Å²) in [5.74, 6) is 0.326. The zero-order valence-electron chi connectivity index (χ0n) is 13.6. The molecule has 0 radical (unpaired) electrons. The van der Waals surface area contributed by atoms with Crippen LogP contribution in [0.1, 0.15) is 34.1 Å². The molecule has 0 bridgehead atoms. The molecule has 2 rings (SSSR count). The quantitative estimate of drug-likeness (QED) is 0.842. The number of carboxylic acid groups (broad SMARTS) is 1. The highest BCUT2D eigenvalue weighted by atomic mass is 35.5. The molecule has 122 valence electrons. The Morgan fingerprint density at radius 1 is 1.45 bits per heavy atom. The molecule has 0 unspecified atom stereocenters. The van der Waals surface area contributed by atoms with E-state index in [1.807, 2.05) is 26.8 Å². The second-order valence-electron chi connectivity index (χ2n) is 6.94. The first-order valence-corrected chi connectivity index (χ1v) is 7.96. The summed E-state index contributed by atoms with van der Waals surface area (Å²) in [6.07, 6.45) is 1.84. The SMILES string of the molecule is C[C@@H]1CCN(c2ccc(Cl)nc2)C[C@H]1N(C(=O)O)C(C)(C)C. The summed E-state index contributed by atoms with van der Waals surface area (Å²) in [6.45, 7) is 9.53. The van der Waals surface area contributed by atoms with Gasteiger partial charge in [-0.15, -0.1) is 0 Å². The van der Waals surface area contributed by atoms with E-state index in [1.165, 1.54) is 0 Å². The lowest BCUT2D eigenvalue weighted by molar-refractivity contribution is 0.0467. The van der Waals surface area contributed by atoms with Gasteiger partial charge >= 0.3 is 6.09 Å². The Morgan fingerprint density at radius 3 is 2.64 bits per heavy atom. The number of amides is 1. The Balaban J connectivity index is 2.23. The maximum Gasteiger partial charge on any atom is 0.408 e. The van der Waals surface area contributed by atoms with Crippen LogP contribution in [0.5, 0.6) is 0 Å². The van der Waals surface area contributed by atoms with Gasteiger partial charge in [0.15, 0.2) is 0 Å². The molecule has 1 fully saturated rings. The van der Waals surface area contributed by atoms with Crippen LogP contribution in [0.15, 0.2) is 18.3 Å². The molecule has 1 aromatic rings. The Labute approximate surface area is 136 Å². The number of carbonyl (C=O) groups is 1. The number of hydrogen-bond acceptors (Lipinski definition) is 3. The lowest BCUT2D eigenvalue weighted by Crippen LogP contribution is -2.59. The molecule has 0 aromatic carbocycles. The van der Waals surface area contributed by atoms with E-state index in [0.717, 1.165) is 18.7 Å². The lowest BCUT2D eigenvalue weighted by atomic mass is 9.89. The monoisotopic (exact) mass is 325 g/mol. The predicted molar refractivity (Wildman–Crippen MR) is 88.6 cm³/mol. The van der Waals surface area contributed by atoms with Crippen molar-refractivity contribution in [3.05, 3.63) is 23.5 Å². The number of anilines is 1. The molecular formula is C16H24ClN3O2. The van der Waals surface area contributed by atoms with E-state index in [4.69, 9.17) is 11.6 Å². The van der Waals surface area contributed by atoms with Crippen LogP contribution in [0, 0.1) is 5.92 Å². The largest absolute Gasteiger partial charge is 0.465 e. The van der Waals surface area contributed by atoms with Gasteiger partial charge in [-0.05, 0) is 45.2 Å². The van der Waals surface area contributed by atoms with Crippen LogP contribution in [0.3, 0.4) is 0 Å². The molecule has 1 aromatic heterocycles. The van der Waals surface area contributed by atoms with Gasteiger partial charge in [0.25, 0.3) is 0 Å². The topological polar surface area (TPSA) is 56.7 Å². The Hall–Kier alpha value is -1.49. The van der Waals surface area contributed by atoms with Gasteiger partial charge < -0.3 is 10.0 Å². The fourth-order valence-corrected chi connectivity index (χ4v) is 3.21. The first-order chi connectivity index (χ1) is 10.2. The van der Waals surface area contributed by atoms with Crippen LogP contribution < -0.4 is 4.90 Å². The number of pyridine rings is 1. The molecule has 0 saturated carbocycles. The molecule has 1 aliphatic rings. The van der Waals surface area contributed by atoms with Crippen LogP contribution in [0.4, 0.5) is 10.5 Å². The van der Waals surface area contributed by atoms with Crippen molar-refractivity contribution in [1.29, 1.82) is 0 Å². The molecule has 6 heteroatoms. The number of aromatic nitrogens is 1. The second kappa shape index (κ2) is 6.32. The standard InChI is InChI=1S/C16H24ClN3O2/c1-11-7-8-19(12-5-6-14(17)18-9-12)10-13(11)20(15(21)22)16(2,3)4/h5-6,9,11,13H,7-8,10H2,1-4H3,(H,21,22)/t11-,13-/m1/s1. The van der Waals surface area contributed by atoms with Crippen molar-refractivity contribution in [2.24, 2.45) is 5.92 Å². The van der Waals surface area contributed by atoms with Gasteiger partial charge in [-0.3, -0.25) is 4.90 Å². The summed E-state index contributed by atoms with van der Waals surface area (Å²) in [5.41, 5.74) is 0.562.